The molecule has 6 heteroatoms. The maximum Gasteiger partial charge on any atom is 0.315 e. The highest BCUT2D eigenvalue weighted by Gasteiger charge is 2.15. The normalized spacial score (nSPS) is 14.9. The number of nitrogens with one attached hydrogen (secondary N) is 3. The Hall–Kier alpha value is -2.11. The minimum Gasteiger partial charge on any atom is -0.338 e. The molecule has 0 aromatic heterocycles. The maximum absolute atomic E-state index is 13.6. The van der Waals surface area contributed by atoms with Gasteiger partial charge in [0.25, 0.3) is 0 Å². The molecule has 0 aliphatic heterocycles. The fourth-order valence-corrected chi connectivity index (χ4v) is 2.88. The lowest BCUT2D eigenvalue weighted by Crippen LogP contribution is -2.43. The molecule has 1 aliphatic rings. The summed E-state index contributed by atoms with van der Waals surface area (Å²) in [5, 5.41) is 8.29. The number of hydrogen-bond donors (Lipinski definition) is 3. The Bertz CT molecular complexity index is 571. The van der Waals surface area contributed by atoms with Gasteiger partial charge >= 0.3 is 6.03 Å². The molecule has 1 aliphatic carbocycles. The van der Waals surface area contributed by atoms with Crippen LogP contribution in [0.15, 0.2) is 18.2 Å². The third kappa shape index (κ3) is 6.18. The lowest BCUT2D eigenvalue weighted by Gasteiger charge is -2.22. The van der Waals surface area contributed by atoms with E-state index in [1.807, 2.05) is 6.92 Å². The Morgan fingerprint density at radius 1 is 1.21 bits per heavy atom. The highest BCUT2D eigenvalue weighted by atomic mass is 19.1. The largest absolute Gasteiger partial charge is 0.338 e. The lowest BCUT2D eigenvalue weighted by atomic mass is 9.96. The van der Waals surface area contributed by atoms with E-state index in [1.54, 1.807) is 12.1 Å². The summed E-state index contributed by atoms with van der Waals surface area (Å²) in [6.45, 7) is 2.26. The summed E-state index contributed by atoms with van der Waals surface area (Å²) in [7, 11) is 0. The van der Waals surface area contributed by atoms with Gasteiger partial charge in [0.2, 0.25) is 5.91 Å². The summed E-state index contributed by atoms with van der Waals surface area (Å²) in [6, 6.07) is 4.68. The standard InChI is InChI=1S/C18H26FN3O2/c1-13-9-10-15(19)16(12-13)22-17(23)8-5-11-20-18(24)21-14-6-3-2-4-7-14/h9-10,12,14H,2-8,11H2,1H3,(H,22,23)(H2,20,21,24). The van der Waals surface area contributed by atoms with Crippen LogP contribution in [-0.2, 0) is 4.79 Å². The highest BCUT2D eigenvalue weighted by Crippen LogP contribution is 2.17. The molecular weight excluding hydrogens is 309 g/mol. The van der Waals surface area contributed by atoms with Crippen LogP contribution in [0, 0.1) is 12.7 Å². The van der Waals surface area contributed by atoms with Gasteiger partial charge in [-0.3, -0.25) is 4.79 Å². The number of benzene rings is 1. The topological polar surface area (TPSA) is 70.2 Å². The molecule has 1 saturated carbocycles. The summed E-state index contributed by atoms with van der Waals surface area (Å²) in [5.41, 5.74) is 1.08. The fraction of sp³-hybridized carbons (Fsp3) is 0.556. The van der Waals surface area contributed by atoms with Crippen LogP contribution in [0.5, 0.6) is 0 Å². The first-order chi connectivity index (χ1) is 11.5. The number of urea groups is 1. The average Bonchev–Trinajstić information content (AvgIpc) is 2.56. The summed E-state index contributed by atoms with van der Waals surface area (Å²) < 4.78 is 13.6. The van der Waals surface area contributed by atoms with Crippen LogP contribution in [0.2, 0.25) is 0 Å². The second-order valence-corrected chi connectivity index (χ2v) is 6.37. The fourth-order valence-electron chi connectivity index (χ4n) is 2.88. The first-order valence-corrected chi connectivity index (χ1v) is 8.65. The Morgan fingerprint density at radius 2 is 1.96 bits per heavy atom. The first-order valence-electron chi connectivity index (χ1n) is 8.65. The Balaban J connectivity index is 1.62. The molecule has 2 rings (SSSR count). The van der Waals surface area contributed by atoms with Crippen molar-refractivity contribution in [3.05, 3.63) is 29.6 Å². The van der Waals surface area contributed by atoms with Crippen molar-refractivity contribution in [3.63, 3.8) is 0 Å². The Labute approximate surface area is 142 Å². The molecule has 0 heterocycles. The third-order valence-electron chi connectivity index (χ3n) is 4.20. The molecule has 1 aromatic carbocycles. The monoisotopic (exact) mass is 335 g/mol. The van der Waals surface area contributed by atoms with Crippen LogP contribution in [0.3, 0.4) is 0 Å². The molecule has 5 nitrogen and oxygen atoms in total. The molecule has 0 saturated heterocycles. The summed E-state index contributed by atoms with van der Waals surface area (Å²) in [4.78, 5) is 23.6. The third-order valence-corrected chi connectivity index (χ3v) is 4.20. The summed E-state index contributed by atoms with van der Waals surface area (Å²) in [6.07, 6.45) is 6.40. The van der Waals surface area contributed by atoms with Crippen molar-refractivity contribution in [1.29, 1.82) is 0 Å². The zero-order chi connectivity index (χ0) is 17.4. The minimum absolute atomic E-state index is 0.174. The van der Waals surface area contributed by atoms with Gasteiger partial charge in [0.15, 0.2) is 0 Å². The number of carbonyl (C=O) groups is 2. The van der Waals surface area contributed by atoms with Gasteiger partial charge in [0, 0.05) is 19.0 Å². The summed E-state index contributed by atoms with van der Waals surface area (Å²) in [5.74, 6) is -0.701. The van der Waals surface area contributed by atoms with Crippen molar-refractivity contribution in [2.75, 3.05) is 11.9 Å². The van der Waals surface area contributed by atoms with E-state index in [2.05, 4.69) is 16.0 Å². The smallest absolute Gasteiger partial charge is 0.315 e. The molecule has 1 aromatic rings. The number of anilines is 1. The second kappa shape index (κ2) is 9.25. The van der Waals surface area contributed by atoms with Crippen molar-refractivity contribution >= 4 is 17.6 Å². The van der Waals surface area contributed by atoms with E-state index in [9.17, 15) is 14.0 Å². The van der Waals surface area contributed by atoms with E-state index in [1.165, 1.54) is 25.3 Å². The van der Waals surface area contributed by atoms with Gasteiger partial charge in [-0.15, -0.1) is 0 Å². The van der Waals surface area contributed by atoms with Gasteiger partial charge in [-0.2, -0.15) is 0 Å². The molecule has 0 radical (unpaired) electrons. The van der Waals surface area contributed by atoms with E-state index in [0.29, 0.717) is 13.0 Å². The molecule has 0 spiro atoms. The lowest BCUT2D eigenvalue weighted by molar-refractivity contribution is -0.116. The SMILES string of the molecule is Cc1ccc(F)c(NC(=O)CCCNC(=O)NC2CCCCC2)c1. The molecule has 0 atom stereocenters. The number of halogens is 1. The van der Waals surface area contributed by atoms with Crippen LogP contribution < -0.4 is 16.0 Å². The van der Waals surface area contributed by atoms with Crippen molar-refractivity contribution in [1.82, 2.24) is 10.6 Å². The zero-order valence-electron chi connectivity index (χ0n) is 14.2. The Kier molecular flexibility index (Phi) is 7.03. The predicted molar refractivity (Wildman–Crippen MR) is 92.4 cm³/mol. The van der Waals surface area contributed by atoms with Gasteiger partial charge in [0.1, 0.15) is 5.82 Å². The van der Waals surface area contributed by atoms with Crippen LogP contribution >= 0.6 is 0 Å². The number of aryl methyl sites for hydroxylation is 1. The van der Waals surface area contributed by atoms with E-state index in [0.717, 1.165) is 18.4 Å². The number of rotatable bonds is 6. The highest BCUT2D eigenvalue weighted by molar-refractivity contribution is 5.90. The van der Waals surface area contributed by atoms with Gasteiger partial charge in [0.05, 0.1) is 5.69 Å². The Morgan fingerprint density at radius 3 is 2.71 bits per heavy atom. The molecule has 132 valence electrons. The quantitative estimate of drug-likeness (QED) is 0.697. The molecule has 3 amide bonds. The minimum atomic E-state index is -0.445. The molecule has 24 heavy (non-hydrogen) atoms. The van der Waals surface area contributed by atoms with Crippen molar-refractivity contribution < 1.29 is 14.0 Å². The van der Waals surface area contributed by atoms with Crippen molar-refractivity contribution in [2.24, 2.45) is 0 Å². The van der Waals surface area contributed by atoms with Gasteiger partial charge in [-0.1, -0.05) is 25.3 Å². The summed E-state index contributed by atoms with van der Waals surface area (Å²) >= 11 is 0. The van der Waals surface area contributed by atoms with E-state index in [4.69, 9.17) is 0 Å². The molecular formula is C18H26FN3O2. The van der Waals surface area contributed by atoms with Gasteiger partial charge in [-0.05, 0) is 43.9 Å². The second-order valence-electron chi connectivity index (χ2n) is 6.37. The molecule has 0 unspecified atom stereocenters. The maximum atomic E-state index is 13.6. The van der Waals surface area contributed by atoms with Crippen LogP contribution in [0.4, 0.5) is 14.9 Å². The van der Waals surface area contributed by atoms with Crippen LogP contribution in [-0.4, -0.2) is 24.5 Å². The van der Waals surface area contributed by atoms with Crippen LogP contribution in [0.1, 0.15) is 50.5 Å². The van der Waals surface area contributed by atoms with E-state index >= 15 is 0 Å². The van der Waals surface area contributed by atoms with Gasteiger partial charge in [-0.25, -0.2) is 9.18 Å². The van der Waals surface area contributed by atoms with Crippen LogP contribution in [0.25, 0.3) is 0 Å². The van der Waals surface area contributed by atoms with Crippen molar-refractivity contribution in [3.8, 4) is 0 Å². The first kappa shape index (κ1) is 18.2. The molecule has 0 bridgehead atoms. The molecule has 3 N–H and O–H groups in total. The average molecular weight is 335 g/mol. The van der Waals surface area contributed by atoms with E-state index in [-0.39, 0.29) is 30.1 Å². The molecule has 1 fully saturated rings. The van der Waals surface area contributed by atoms with E-state index < -0.39 is 5.82 Å². The number of carbonyl (C=O) groups excluding carboxylic acids is 2. The zero-order valence-corrected chi connectivity index (χ0v) is 14.2. The number of amides is 3. The predicted octanol–water partition coefficient (Wildman–Crippen LogP) is 3.48. The van der Waals surface area contributed by atoms with Gasteiger partial charge < -0.3 is 16.0 Å². The number of hydrogen-bond acceptors (Lipinski definition) is 2. The van der Waals surface area contributed by atoms with Crippen molar-refractivity contribution in [2.45, 2.75) is 57.9 Å².